The van der Waals surface area contributed by atoms with Crippen LogP contribution in [0.15, 0.2) is 72.8 Å². The first-order valence-corrected chi connectivity index (χ1v) is 8.52. The van der Waals surface area contributed by atoms with Gasteiger partial charge in [0.25, 0.3) is 0 Å². The molecule has 1 aliphatic heterocycles. The third kappa shape index (κ3) is 2.65. The van der Waals surface area contributed by atoms with E-state index in [9.17, 15) is 9.59 Å². The molecular formula is C24H12O3. The number of fused-ring (bicyclic) bond motifs is 3. The molecule has 0 aromatic heterocycles. The molecule has 4 aromatic rings. The van der Waals surface area contributed by atoms with Gasteiger partial charge in [0.15, 0.2) is 0 Å². The van der Waals surface area contributed by atoms with Crippen molar-refractivity contribution in [1.82, 2.24) is 0 Å². The van der Waals surface area contributed by atoms with Crippen molar-refractivity contribution in [3.8, 4) is 11.8 Å². The van der Waals surface area contributed by atoms with Gasteiger partial charge < -0.3 is 4.74 Å². The van der Waals surface area contributed by atoms with Gasteiger partial charge in [-0.05, 0) is 64.0 Å². The Labute approximate surface area is 155 Å². The summed E-state index contributed by atoms with van der Waals surface area (Å²) in [7, 11) is 0. The van der Waals surface area contributed by atoms with Crippen LogP contribution in [-0.4, -0.2) is 11.9 Å². The fourth-order valence-electron chi connectivity index (χ4n) is 3.33. The van der Waals surface area contributed by atoms with E-state index in [2.05, 4.69) is 53.0 Å². The number of esters is 2. The molecule has 0 spiro atoms. The fraction of sp³-hybridized carbons (Fsp3) is 0. The van der Waals surface area contributed by atoms with E-state index in [4.69, 9.17) is 0 Å². The predicted octanol–water partition coefficient (Wildman–Crippen LogP) is 4.70. The lowest BCUT2D eigenvalue weighted by Crippen LogP contribution is -1.96. The molecule has 0 saturated carbocycles. The quantitative estimate of drug-likeness (QED) is 0.200. The molecule has 1 aliphatic rings. The lowest BCUT2D eigenvalue weighted by atomic mass is 10.0. The molecule has 0 fully saturated rings. The smallest absolute Gasteiger partial charge is 0.346 e. The number of hydrogen-bond acceptors (Lipinski definition) is 3. The van der Waals surface area contributed by atoms with Crippen LogP contribution in [0.3, 0.4) is 0 Å². The Hall–Kier alpha value is -3.90. The third-order valence-corrected chi connectivity index (χ3v) is 4.70. The van der Waals surface area contributed by atoms with Gasteiger partial charge in [0.1, 0.15) is 0 Å². The monoisotopic (exact) mass is 348 g/mol. The topological polar surface area (TPSA) is 43.4 Å². The van der Waals surface area contributed by atoms with Crippen molar-refractivity contribution >= 4 is 33.5 Å². The van der Waals surface area contributed by atoms with Crippen LogP contribution in [0.4, 0.5) is 0 Å². The van der Waals surface area contributed by atoms with Crippen LogP contribution in [0.5, 0.6) is 0 Å². The van der Waals surface area contributed by atoms with Gasteiger partial charge in [-0.25, -0.2) is 9.59 Å². The minimum Gasteiger partial charge on any atom is -0.386 e. The van der Waals surface area contributed by atoms with Crippen LogP contribution in [0, 0.1) is 11.8 Å². The van der Waals surface area contributed by atoms with E-state index >= 15 is 0 Å². The summed E-state index contributed by atoms with van der Waals surface area (Å²) in [6.07, 6.45) is 0. The highest BCUT2D eigenvalue weighted by molar-refractivity contribution is 6.14. The molecule has 27 heavy (non-hydrogen) atoms. The summed E-state index contributed by atoms with van der Waals surface area (Å²) in [4.78, 5) is 23.2. The average molecular weight is 348 g/mol. The number of carbonyl (C=O) groups excluding carboxylic acids is 2. The van der Waals surface area contributed by atoms with Crippen molar-refractivity contribution in [3.63, 3.8) is 0 Å². The van der Waals surface area contributed by atoms with Crippen LogP contribution in [0.2, 0.25) is 0 Å². The van der Waals surface area contributed by atoms with Crippen LogP contribution < -0.4 is 0 Å². The highest BCUT2D eigenvalue weighted by Gasteiger charge is 2.29. The van der Waals surface area contributed by atoms with Gasteiger partial charge in [-0.2, -0.15) is 0 Å². The first-order chi connectivity index (χ1) is 13.2. The molecule has 0 atom stereocenters. The lowest BCUT2D eigenvalue weighted by Gasteiger charge is -2.02. The number of cyclic esters (lactones) is 2. The number of benzene rings is 4. The van der Waals surface area contributed by atoms with E-state index in [0.717, 1.165) is 16.3 Å². The average Bonchev–Trinajstić information content (AvgIpc) is 2.98. The zero-order chi connectivity index (χ0) is 18.4. The van der Waals surface area contributed by atoms with Crippen LogP contribution >= 0.6 is 0 Å². The number of hydrogen-bond donors (Lipinski definition) is 0. The van der Waals surface area contributed by atoms with Gasteiger partial charge in [0.05, 0.1) is 11.1 Å². The van der Waals surface area contributed by atoms with E-state index in [-0.39, 0.29) is 5.56 Å². The SMILES string of the molecule is O=C1OC(=O)c2cc(C#Cc3ccc4cc5ccccc5cc4c3)ccc21. The first-order valence-electron chi connectivity index (χ1n) is 8.52. The van der Waals surface area contributed by atoms with E-state index in [1.807, 2.05) is 18.2 Å². The maximum Gasteiger partial charge on any atom is 0.346 e. The Morgan fingerprint density at radius 3 is 1.93 bits per heavy atom. The molecular weight excluding hydrogens is 336 g/mol. The molecule has 0 unspecified atom stereocenters. The van der Waals surface area contributed by atoms with E-state index in [1.54, 1.807) is 18.2 Å². The maximum absolute atomic E-state index is 11.7. The second kappa shape index (κ2) is 5.82. The molecule has 4 aromatic carbocycles. The summed E-state index contributed by atoms with van der Waals surface area (Å²) < 4.78 is 4.61. The summed E-state index contributed by atoms with van der Waals surface area (Å²) in [5, 5.41) is 4.70. The van der Waals surface area contributed by atoms with Gasteiger partial charge in [-0.1, -0.05) is 42.2 Å². The minimum atomic E-state index is -0.615. The number of carbonyl (C=O) groups is 2. The normalized spacial score (nSPS) is 12.6. The lowest BCUT2D eigenvalue weighted by molar-refractivity contribution is 0.0444. The molecule has 5 rings (SSSR count). The Balaban J connectivity index is 1.54. The van der Waals surface area contributed by atoms with E-state index in [0.29, 0.717) is 11.1 Å². The van der Waals surface area contributed by atoms with Crippen molar-refractivity contribution in [2.24, 2.45) is 0 Å². The number of rotatable bonds is 0. The largest absolute Gasteiger partial charge is 0.386 e. The third-order valence-electron chi connectivity index (χ3n) is 4.70. The molecule has 3 heteroatoms. The van der Waals surface area contributed by atoms with Crippen LogP contribution in [0.25, 0.3) is 21.5 Å². The molecule has 126 valence electrons. The molecule has 0 saturated heterocycles. The van der Waals surface area contributed by atoms with Gasteiger partial charge in [-0.3, -0.25) is 0 Å². The second-order valence-corrected chi connectivity index (χ2v) is 6.45. The van der Waals surface area contributed by atoms with Gasteiger partial charge in [0, 0.05) is 11.1 Å². The Morgan fingerprint density at radius 1 is 0.556 bits per heavy atom. The van der Waals surface area contributed by atoms with Crippen LogP contribution in [-0.2, 0) is 4.74 Å². The van der Waals surface area contributed by atoms with Crippen molar-refractivity contribution < 1.29 is 14.3 Å². The van der Waals surface area contributed by atoms with Crippen molar-refractivity contribution in [3.05, 3.63) is 95.1 Å². The Kier molecular flexibility index (Phi) is 3.31. The zero-order valence-corrected chi connectivity index (χ0v) is 14.2. The summed E-state index contributed by atoms with van der Waals surface area (Å²) in [6.45, 7) is 0. The second-order valence-electron chi connectivity index (χ2n) is 6.45. The molecule has 1 heterocycles. The van der Waals surface area contributed by atoms with Crippen molar-refractivity contribution in [2.75, 3.05) is 0 Å². The van der Waals surface area contributed by atoms with Gasteiger partial charge >= 0.3 is 11.9 Å². The number of ether oxygens (including phenoxy) is 1. The fourth-order valence-corrected chi connectivity index (χ4v) is 3.33. The van der Waals surface area contributed by atoms with E-state index in [1.165, 1.54) is 10.8 Å². The standard InChI is InChI=1S/C24H12O3/c25-23-21-10-8-16(12-22(21)24(26)27-23)6-5-15-7-9-19-13-17-3-1-2-4-18(17)14-20(19)11-15/h1-4,7-14H. The minimum absolute atomic E-state index is 0.275. The summed E-state index contributed by atoms with van der Waals surface area (Å²) in [6, 6.07) is 23.6. The zero-order valence-electron chi connectivity index (χ0n) is 14.2. The van der Waals surface area contributed by atoms with Crippen LogP contribution in [0.1, 0.15) is 31.8 Å². The highest BCUT2D eigenvalue weighted by atomic mass is 16.6. The van der Waals surface area contributed by atoms with Crippen molar-refractivity contribution in [1.29, 1.82) is 0 Å². The van der Waals surface area contributed by atoms with E-state index < -0.39 is 11.9 Å². The molecule has 3 nitrogen and oxygen atoms in total. The summed E-state index contributed by atoms with van der Waals surface area (Å²) in [5.41, 5.74) is 2.12. The molecule has 0 aliphatic carbocycles. The molecule has 0 radical (unpaired) electrons. The molecule has 0 bridgehead atoms. The molecule has 0 N–H and O–H groups in total. The first kappa shape index (κ1) is 15.4. The predicted molar refractivity (Wildman–Crippen MR) is 104 cm³/mol. The van der Waals surface area contributed by atoms with Gasteiger partial charge in [0.2, 0.25) is 0 Å². The summed E-state index contributed by atoms with van der Waals surface area (Å²) in [5.74, 6) is 4.97. The Morgan fingerprint density at radius 2 is 1.15 bits per heavy atom. The summed E-state index contributed by atoms with van der Waals surface area (Å²) >= 11 is 0. The van der Waals surface area contributed by atoms with Crippen molar-refractivity contribution in [2.45, 2.75) is 0 Å². The Bertz CT molecular complexity index is 1340. The molecule has 0 amide bonds. The van der Waals surface area contributed by atoms with Gasteiger partial charge in [-0.15, -0.1) is 0 Å². The maximum atomic E-state index is 11.7. The highest BCUT2D eigenvalue weighted by Crippen LogP contribution is 2.24.